The molecule has 1 aliphatic rings. The van der Waals surface area contributed by atoms with Crippen LogP contribution in [0.3, 0.4) is 0 Å². The number of H-pyrrole nitrogens is 1. The van der Waals surface area contributed by atoms with E-state index in [-0.39, 0.29) is 0 Å². The Morgan fingerprint density at radius 3 is 3.09 bits per heavy atom. The van der Waals surface area contributed by atoms with Gasteiger partial charge in [0.25, 0.3) is 0 Å². The minimum atomic E-state index is 1.01. The fourth-order valence-electron chi connectivity index (χ4n) is 1.12. The van der Waals surface area contributed by atoms with Crippen molar-refractivity contribution in [2.45, 2.75) is 12.8 Å². The minimum absolute atomic E-state index is 1.01. The summed E-state index contributed by atoms with van der Waals surface area (Å²) in [4.78, 5) is 4.24. The molecule has 0 radical (unpaired) electrons. The van der Waals surface area contributed by atoms with Crippen molar-refractivity contribution in [3.63, 3.8) is 0 Å². The monoisotopic (exact) mass is 147 g/mol. The number of nitrogens with one attached hydrogen (secondary N) is 1. The van der Waals surface area contributed by atoms with Gasteiger partial charge in [0.2, 0.25) is 0 Å². The van der Waals surface area contributed by atoms with Crippen LogP contribution in [0.15, 0.2) is 29.5 Å². The fourth-order valence-corrected chi connectivity index (χ4v) is 1.12. The average Bonchev–Trinajstić information content (AvgIpc) is 2.58. The maximum atomic E-state index is 4.24. The van der Waals surface area contributed by atoms with Crippen molar-refractivity contribution < 1.29 is 0 Å². The molecule has 0 atom stereocenters. The molecule has 0 amide bonds. The van der Waals surface area contributed by atoms with E-state index in [1.165, 1.54) is 0 Å². The van der Waals surface area contributed by atoms with Gasteiger partial charge >= 0.3 is 0 Å². The molecule has 0 aromatic carbocycles. The highest BCUT2D eigenvalue weighted by atomic mass is 15.1. The van der Waals surface area contributed by atoms with Crippen molar-refractivity contribution in [2.75, 3.05) is 0 Å². The second-order valence-electron chi connectivity index (χ2n) is 2.47. The van der Waals surface area contributed by atoms with Crippen molar-refractivity contribution in [3.05, 3.63) is 30.2 Å². The van der Waals surface area contributed by atoms with Crippen molar-refractivity contribution in [2.24, 2.45) is 4.99 Å². The van der Waals surface area contributed by atoms with Crippen LogP contribution in [0.2, 0.25) is 0 Å². The van der Waals surface area contributed by atoms with Crippen LogP contribution in [0.1, 0.15) is 18.5 Å². The number of allylic oxidation sites excluding steroid dienone is 1. The van der Waals surface area contributed by atoms with Crippen LogP contribution >= 0.6 is 0 Å². The molecule has 1 aliphatic heterocycles. The van der Waals surface area contributed by atoms with E-state index in [9.17, 15) is 0 Å². The summed E-state index contributed by atoms with van der Waals surface area (Å²) < 4.78 is 0. The van der Waals surface area contributed by atoms with Crippen LogP contribution in [-0.2, 0) is 0 Å². The summed E-state index contributed by atoms with van der Waals surface area (Å²) in [5, 5.41) is 6.76. The van der Waals surface area contributed by atoms with Crippen molar-refractivity contribution in [1.29, 1.82) is 0 Å². The van der Waals surface area contributed by atoms with E-state index in [0.29, 0.717) is 0 Å². The van der Waals surface area contributed by atoms with Crippen LogP contribution in [-0.4, -0.2) is 15.9 Å². The van der Waals surface area contributed by atoms with Gasteiger partial charge in [0.1, 0.15) is 0 Å². The molecule has 1 aromatic rings. The number of hydrogen-bond acceptors (Lipinski definition) is 2. The van der Waals surface area contributed by atoms with Crippen molar-refractivity contribution in [1.82, 2.24) is 10.2 Å². The zero-order valence-corrected chi connectivity index (χ0v) is 6.12. The lowest BCUT2D eigenvalue weighted by Gasteiger charge is -2.03. The van der Waals surface area contributed by atoms with Crippen LogP contribution in [0.25, 0.3) is 0 Å². The quantitative estimate of drug-likeness (QED) is 0.642. The minimum Gasteiger partial charge on any atom is -0.277 e. The van der Waals surface area contributed by atoms with Crippen molar-refractivity contribution >= 4 is 5.71 Å². The van der Waals surface area contributed by atoms with E-state index in [4.69, 9.17) is 0 Å². The zero-order chi connectivity index (χ0) is 7.52. The topological polar surface area (TPSA) is 41.0 Å². The average molecular weight is 147 g/mol. The third-order valence-electron chi connectivity index (χ3n) is 1.70. The Morgan fingerprint density at radius 1 is 1.45 bits per heavy atom. The Morgan fingerprint density at radius 2 is 2.45 bits per heavy atom. The van der Waals surface area contributed by atoms with Crippen molar-refractivity contribution in [3.8, 4) is 0 Å². The highest BCUT2D eigenvalue weighted by Crippen LogP contribution is 2.08. The zero-order valence-electron chi connectivity index (χ0n) is 6.12. The summed E-state index contributed by atoms with van der Waals surface area (Å²) in [6.45, 7) is 0. The van der Waals surface area contributed by atoms with Gasteiger partial charge in [-0.3, -0.25) is 10.1 Å². The second kappa shape index (κ2) is 2.70. The molecule has 0 unspecified atom stereocenters. The Balaban J connectivity index is 2.29. The van der Waals surface area contributed by atoms with E-state index in [1.54, 1.807) is 6.20 Å². The molecule has 0 aliphatic carbocycles. The van der Waals surface area contributed by atoms with Gasteiger partial charge in [-0.05, 0) is 18.9 Å². The SMILES string of the molecule is C1=CN=C(c2ccn[nH]2)CC1. The number of hydrogen-bond donors (Lipinski definition) is 1. The Hall–Kier alpha value is -1.38. The Bertz CT molecular complexity index is 282. The summed E-state index contributed by atoms with van der Waals surface area (Å²) >= 11 is 0. The molecule has 0 saturated heterocycles. The lowest BCUT2D eigenvalue weighted by atomic mass is 10.1. The maximum absolute atomic E-state index is 4.24. The summed E-state index contributed by atoms with van der Waals surface area (Å²) in [6.07, 6.45) is 7.76. The molecule has 1 N–H and O–H groups in total. The highest BCUT2D eigenvalue weighted by molar-refractivity contribution is 5.99. The Kier molecular flexibility index (Phi) is 1.55. The van der Waals surface area contributed by atoms with E-state index >= 15 is 0 Å². The largest absolute Gasteiger partial charge is 0.277 e. The molecule has 56 valence electrons. The van der Waals surface area contributed by atoms with Gasteiger partial charge in [0.15, 0.2) is 0 Å². The first kappa shape index (κ1) is 6.34. The lowest BCUT2D eigenvalue weighted by molar-refractivity contribution is 1.02. The van der Waals surface area contributed by atoms with Gasteiger partial charge in [-0.2, -0.15) is 5.10 Å². The number of aromatic nitrogens is 2. The lowest BCUT2D eigenvalue weighted by Crippen LogP contribution is -2.02. The van der Waals surface area contributed by atoms with Gasteiger partial charge in [-0.15, -0.1) is 0 Å². The van der Waals surface area contributed by atoms with E-state index in [1.807, 2.05) is 12.3 Å². The number of aromatic amines is 1. The first-order chi connectivity index (χ1) is 5.47. The molecule has 0 saturated carbocycles. The van der Waals surface area contributed by atoms with Crippen LogP contribution in [0, 0.1) is 0 Å². The summed E-state index contributed by atoms with van der Waals surface area (Å²) in [6, 6.07) is 1.94. The smallest absolute Gasteiger partial charge is 0.0792 e. The number of aliphatic imine (C=N–C) groups is 1. The van der Waals surface area contributed by atoms with Gasteiger partial charge in [-0.1, -0.05) is 6.08 Å². The molecule has 0 fully saturated rings. The van der Waals surface area contributed by atoms with Crippen LogP contribution in [0.4, 0.5) is 0 Å². The van der Waals surface area contributed by atoms with Gasteiger partial charge in [0, 0.05) is 12.4 Å². The van der Waals surface area contributed by atoms with Gasteiger partial charge < -0.3 is 0 Å². The molecule has 1 aromatic heterocycles. The number of nitrogens with zero attached hydrogens (tertiary/aromatic N) is 2. The predicted molar refractivity (Wildman–Crippen MR) is 43.5 cm³/mol. The van der Waals surface area contributed by atoms with Gasteiger partial charge in [0.05, 0.1) is 11.4 Å². The third kappa shape index (κ3) is 1.22. The highest BCUT2D eigenvalue weighted by Gasteiger charge is 2.04. The van der Waals surface area contributed by atoms with Gasteiger partial charge in [-0.25, -0.2) is 0 Å². The summed E-state index contributed by atoms with van der Waals surface area (Å²) in [5.74, 6) is 0. The number of rotatable bonds is 1. The predicted octanol–water partition coefficient (Wildman–Crippen LogP) is 1.51. The van der Waals surface area contributed by atoms with E-state index in [0.717, 1.165) is 24.2 Å². The molecule has 2 rings (SSSR count). The second-order valence-corrected chi connectivity index (χ2v) is 2.47. The first-order valence-corrected chi connectivity index (χ1v) is 3.68. The molecular weight excluding hydrogens is 138 g/mol. The normalized spacial score (nSPS) is 16.5. The standard InChI is InChI=1S/C8H9N3/c1-2-5-9-7(3-1)8-4-6-10-11-8/h2,4-6H,1,3H2,(H,10,11). The maximum Gasteiger partial charge on any atom is 0.0792 e. The van der Waals surface area contributed by atoms with E-state index in [2.05, 4.69) is 21.3 Å². The molecule has 11 heavy (non-hydrogen) atoms. The molecule has 3 nitrogen and oxygen atoms in total. The molecule has 0 bridgehead atoms. The van der Waals surface area contributed by atoms with E-state index < -0.39 is 0 Å². The van der Waals surface area contributed by atoms with Crippen LogP contribution < -0.4 is 0 Å². The molecule has 3 heteroatoms. The third-order valence-corrected chi connectivity index (χ3v) is 1.70. The molecule has 0 spiro atoms. The first-order valence-electron chi connectivity index (χ1n) is 3.68. The molecule has 2 heterocycles. The summed E-state index contributed by atoms with van der Waals surface area (Å²) in [7, 11) is 0. The Labute approximate surface area is 64.9 Å². The fraction of sp³-hybridized carbons (Fsp3) is 0.250. The molecular formula is C8H9N3. The summed E-state index contributed by atoms with van der Waals surface area (Å²) in [5.41, 5.74) is 2.14. The van der Waals surface area contributed by atoms with Crippen LogP contribution in [0.5, 0.6) is 0 Å².